The molecule has 2 N–H and O–H groups in total. The highest BCUT2D eigenvalue weighted by molar-refractivity contribution is 5.22. The Hall–Kier alpha value is -1.71. The maximum atomic E-state index is 5.71. The van der Waals surface area contributed by atoms with Crippen LogP contribution in [0.4, 0.5) is 0 Å². The molecular formula is C16H21N3. The Morgan fingerprint density at radius 1 is 1.11 bits per heavy atom. The van der Waals surface area contributed by atoms with Gasteiger partial charge in [-0.1, -0.05) is 35.9 Å². The molecule has 0 radical (unpaired) electrons. The second-order valence-electron chi connectivity index (χ2n) is 4.85. The van der Waals surface area contributed by atoms with E-state index in [-0.39, 0.29) is 0 Å². The fourth-order valence-electron chi connectivity index (χ4n) is 2.22. The molecule has 3 nitrogen and oxygen atoms in total. The van der Waals surface area contributed by atoms with Gasteiger partial charge < -0.3 is 5.73 Å². The number of benzene rings is 1. The Bertz CT molecular complexity index is 496. The molecule has 0 saturated heterocycles. The molecule has 3 heteroatoms. The van der Waals surface area contributed by atoms with Gasteiger partial charge in [0.05, 0.1) is 0 Å². The zero-order valence-corrected chi connectivity index (χ0v) is 11.4. The summed E-state index contributed by atoms with van der Waals surface area (Å²) in [6.45, 7) is 5.50. The molecule has 1 heterocycles. The minimum Gasteiger partial charge on any atom is -0.329 e. The first-order valence-corrected chi connectivity index (χ1v) is 6.65. The number of hydrogen-bond acceptors (Lipinski definition) is 3. The summed E-state index contributed by atoms with van der Waals surface area (Å²) >= 11 is 0. The van der Waals surface area contributed by atoms with Gasteiger partial charge in [-0.25, -0.2) is 0 Å². The minimum absolute atomic E-state index is 0.673. The molecule has 0 unspecified atom stereocenters. The van der Waals surface area contributed by atoms with Gasteiger partial charge in [0.15, 0.2) is 0 Å². The van der Waals surface area contributed by atoms with Crippen LogP contribution in [0.3, 0.4) is 0 Å². The number of aromatic nitrogens is 1. The lowest BCUT2D eigenvalue weighted by Gasteiger charge is -2.21. The van der Waals surface area contributed by atoms with Gasteiger partial charge in [-0.05, 0) is 24.1 Å². The third-order valence-corrected chi connectivity index (χ3v) is 3.06. The van der Waals surface area contributed by atoms with Crippen molar-refractivity contribution in [2.75, 3.05) is 13.1 Å². The first kappa shape index (κ1) is 13.7. The fraction of sp³-hybridized carbons (Fsp3) is 0.312. The molecule has 2 rings (SSSR count). The van der Waals surface area contributed by atoms with Crippen LogP contribution in [0.15, 0.2) is 48.8 Å². The topological polar surface area (TPSA) is 42.1 Å². The summed E-state index contributed by atoms with van der Waals surface area (Å²) in [4.78, 5) is 6.51. The van der Waals surface area contributed by atoms with E-state index in [1.165, 1.54) is 16.7 Å². The Balaban J connectivity index is 2.04. The lowest BCUT2D eigenvalue weighted by Crippen LogP contribution is -2.28. The quantitative estimate of drug-likeness (QED) is 0.861. The van der Waals surface area contributed by atoms with Gasteiger partial charge in [0.2, 0.25) is 0 Å². The Morgan fingerprint density at radius 2 is 1.89 bits per heavy atom. The number of pyridine rings is 1. The summed E-state index contributed by atoms with van der Waals surface area (Å²) in [6, 6.07) is 12.7. The summed E-state index contributed by atoms with van der Waals surface area (Å²) in [6.07, 6.45) is 3.72. The predicted octanol–water partition coefficient (Wildman–Crippen LogP) is 2.35. The lowest BCUT2D eigenvalue weighted by atomic mass is 10.1. The van der Waals surface area contributed by atoms with Crippen molar-refractivity contribution in [2.24, 2.45) is 5.73 Å². The Kier molecular flexibility index (Phi) is 5.07. The van der Waals surface area contributed by atoms with Crippen LogP contribution in [-0.2, 0) is 13.1 Å². The van der Waals surface area contributed by atoms with Crippen molar-refractivity contribution >= 4 is 0 Å². The SMILES string of the molecule is Cc1cccc(CN(CCN)Cc2cccnc2)c1. The first-order chi connectivity index (χ1) is 9.28. The zero-order chi connectivity index (χ0) is 13.5. The summed E-state index contributed by atoms with van der Waals surface area (Å²) in [5.41, 5.74) is 9.56. The smallest absolute Gasteiger partial charge is 0.0312 e. The van der Waals surface area contributed by atoms with Crippen LogP contribution in [0.2, 0.25) is 0 Å². The molecular weight excluding hydrogens is 234 g/mol. The second-order valence-corrected chi connectivity index (χ2v) is 4.85. The van der Waals surface area contributed by atoms with E-state index in [0.717, 1.165) is 19.6 Å². The van der Waals surface area contributed by atoms with Crippen LogP contribution in [0, 0.1) is 6.92 Å². The highest BCUT2D eigenvalue weighted by atomic mass is 15.1. The molecule has 0 aliphatic rings. The van der Waals surface area contributed by atoms with E-state index in [1.54, 1.807) is 6.20 Å². The number of aryl methyl sites for hydroxylation is 1. The number of rotatable bonds is 6. The summed E-state index contributed by atoms with van der Waals surface area (Å²) < 4.78 is 0. The van der Waals surface area contributed by atoms with Crippen LogP contribution in [0.5, 0.6) is 0 Å². The average Bonchev–Trinajstić information content (AvgIpc) is 2.40. The summed E-state index contributed by atoms with van der Waals surface area (Å²) in [7, 11) is 0. The first-order valence-electron chi connectivity index (χ1n) is 6.65. The normalized spacial score (nSPS) is 10.9. The van der Waals surface area contributed by atoms with Crippen molar-refractivity contribution in [3.8, 4) is 0 Å². The molecule has 0 aliphatic heterocycles. The van der Waals surface area contributed by atoms with E-state index in [0.29, 0.717) is 6.54 Å². The molecule has 0 spiro atoms. The molecule has 100 valence electrons. The largest absolute Gasteiger partial charge is 0.329 e. The van der Waals surface area contributed by atoms with Gasteiger partial charge >= 0.3 is 0 Å². The molecule has 19 heavy (non-hydrogen) atoms. The van der Waals surface area contributed by atoms with Gasteiger partial charge in [0.25, 0.3) is 0 Å². The molecule has 1 aromatic carbocycles. The van der Waals surface area contributed by atoms with Crippen molar-refractivity contribution in [3.63, 3.8) is 0 Å². The third kappa shape index (κ3) is 4.47. The number of nitrogens with two attached hydrogens (primary N) is 1. The van der Waals surface area contributed by atoms with E-state index in [2.05, 4.69) is 47.1 Å². The number of hydrogen-bond donors (Lipinski definition) is 1. The van der Waals surface area contributed by atoms with Gasteiger partial charge in [-0.3, -0.25) is 9.88 Å². The monoisotopic (exact) mass is 255 g/mol. The maximum absolute atomic E-state index is 5.71. The lowest BCUT2D eigenvalue weighted by molar-refractivity contribution is 0.264. The highest BCUT2D eigenvalue weighted by Gasteiger charge is 2.06. The van der Waals surface area contributed by atoms with E-state index in [1.807, 2.05) is 12.3 Å². The van der Waals surface area contributed by atoms with E-state index in [9.17, 15) is 0 Å². The standard InChI is InChI=1S/C16H21N3/c1-14-4-2-5-15(10-14)12-19(9-7-17)13-16-6-3-8-18-11-16/h2-6,8,10-11H,7,9,12-13,17H2,1H3. The van der Waals surface area contributed by atoms with Crippen LogP contribution in [0.25, 0.3) is 0 Å². The molecule has 0 atom stereocenters. The molecule has 0 amide bonds. The third-order valence-electron chi connectivity index (χ3n) is 3.06. The molecule has 0 fully saturated rings. The van der Waals surface area contributed by atoms with E-state index < -0.39 is 0 Å². The van der Waals surface area contributed by atoms with E-state index >= 15 is 0 Å². The van der Waals surface area contributed by atoms with Crippen LogP contribution >= 0.6 is 0 Å². The highest BCUT2D eigenvalue weighted by Crippen LogP contribution is 2.10. The maximum Gasteiger partial charge on any atom is 0.0312 e. The summed E-state index contributed by atoms with van der Waals surface area (Å²) in [5, 5.41) is 0. The fourth-order valence-corrected chi connectivity index (χ4v) is 2.22. The summed E-state index contributed by atoms with van der Waals surface area (Å²) in [5.74, 6) is 0. The molecule has 0 bridgehead atoms. The van der Waals surface area contributed by atoms with Crippen molar-refractivity contribution in [3.05, 3.63) is 65.5 Å². The molecule has 2 aromatic rings. The van der Waals surface area contributed by atoms with Crippen molar-refractivity contribution in [1.82, 2.24) is 9.88 Å². The van der Waals surface area contributed by atoms with Gasteiger partial charge in [-0.2, -0.15) is 0 Å². The van der Waals surface area contributed by atoms with E-state index in [4.69, 9.17) is 5.73 Å². The minimum atomic E-state index is 0.673. The predicted molar refractivity (Wildman–Crippen MR) is 78.6 cm³/mol. The van der Waals surface area contributed by atoms with Crippen molar-refractivity contribution in [1.29, 1.82) is 0 Å². The average molecular weight is 255 g/mol. The Morgan fingerprint density at radius 3 is 2.58 bits per heavy atom. The Labute approximate surface area is 115 Å². The van der Waals surface area contributed by atoms with Crippen molar-refractivity contribution in [2.45, 2.75) is 20.0 Å². The van der Waals surface area contributed by atoms with Crippen LogP contribution < -0.4 is 5.73 Å². The van der Waals surface area contributed by atoms with Crippen molar-refractivity contribution < 1.29 is 0 Å². The van der Waals surface area contributed by atoms with Crippen LogP contribution in [0.1, 0.15) is 16.7 Å². The second kappa shape index (κ2) is 7.02. The van der Waals surface area contributed by atoms with Gasteiger partial charge in [0, 0.05) is 38.6 Å². The zero-order valence-electron chi connectivity index (χ0n) is 11.4. The molecule has 0 saturated carbocycles. The number of nitrogens with zero attached hydrogens (tertiary/aromatic N) is 2. The molecule has 0 aliphatic carbocycles. The van der Waals surface area contributed by atoms with Gasteiger partial charge in [0.1, 0.15) is 0 Å². The molecule has 1 aromatic heterocycles. The van der Waals surface area contributed by atoms with Crippen LogP contribution in [-0.4, -0.2) is 23.0 Å². The van der Waals surface area contributed by atoms with Gasteiger partial charge in [-0.15, -0.1) is 0 Å².